The number of pyridine rings is 1. The average Bonchev–Trinajstić information content (AvgIpc) is 2.40. The zero-order chi connectivity index (χ0) is 14.0. The Kier molecular flexibility index (Phi) is 3.99. The first kappa shape index (κ1) is 13.7. The molecule has 0 aliphatic carbocycles. The highest BCUT2D eigenvalue weighted by atomic mass is 35.5. The fourth-order valence-electron chi connectivity index (χ4n) is 2.16. The van der Waals surface area contributed by atoms with Crippen LogP contribution < -0.4 is 0 Å². The molecule has 2 rings (SSSR count). The van der Waals surface area contributed by atoms with E-state index in [0.29, 0.717) is 13.0 Å². The van der Waals surface area contributed by atoms with E-state index < -0.39 is 23.7 Å². The van der Waals surface area contributed by atoms with Crippen molar-refractivity contribution in [2.75, 3.05) is 6.54 Å². The fraction of sp³-hybridized carbons (Fsp3) is 0.417. The third-order valence-electron chi connectivity index (χ3n) is 3.08. The molecule has 0 saturated carbocycles. The van der Waals surface area contributed by atoms with Gasteiger partial charge in [0.1, 0.15) is 17.0 Å². The molecule has 1 aromatic rings. The average molecular weight is 287 g/mol. The molecule has 1 amide bonds. The molecule has 7 heteroatoms. The van der Waals surface area contributed by atoms with Crippen molar-refractivity contribution in [3.05, 3.63) is 28.8 Å². The van der Waals surface area contributed by atoms with Gasteiger partial charge in [-0.3, -0.25) is 4.79 Å². The second-order valence-electron chi connectivity index (χ2n) is 4.34. The van der Waals surface area contributed by atoms with E-state index in [4.69, 9.17) is 16.7 Å². The molecule has 1 atom stereocenters. The number of aliphatic carboxylic acids is 1. The van der Waals surface area contributed by atoms with Crippen LogP contribution in [0.2, 0.25) is 5.15 Å². The van der Waals surface area contributed by atoms with Gasteiger partial charge in [0.15, 0.2) is 0 Å². The Morgan fingerprint density at radius 3 is 2.89 bits per heavy atom. The number of halogens is 2. The van der Waals surface area contributed by atoms with Crippen LogP contribution in [0, 0.1) is 5.82 Å². The quantitative estimate of drug-likeness (QED) is 0.844. The second kappa shape index (κ2) is 5.52. The number of carbonyl (C=O) groups excluding carboxylic acids is 1. The van der Waals surface area contributed by atoms with E-state index in [1.54, 1.807) is 0 Å². The molecule has 1 fully saturated rings. The van der Waals surface area contributed by atoms with E-state index >= 15 is 0 Å². The molecule has 1 unspecified atom stereocenters. The summed E-state index contributed by atoms with van der Waals surface area (Å²) >= 11 is 5.76. The summed E-state index contributed by atoms with van der Waals surface area (Å²) in [6.07, 6.45) is 2.76. The zero-order valence-corrected chi connectivity index (χ0v) is 10.7. The smallest absolute Gasteiger partial charge is 0.326 e. The molecule has 0 spiro atoms. The van der Waals surface area contributed by atoms with Gasteiger partial charge >= 0.3 is 5.97 Å². The Balaban J connectivity index is 2.31. The topological polar surface area (TPSA) is 70.5 Å². The standard InChI is InChI=1S/C12H12ClFN2O3/c13-10-8(5-7(14)6-15-10)11(17)16-4-2-1-3-9(16)12(18)19/h5-6,9H,1-4H2,(H,18,19). The van der Waals surface area contributed by atoms with E-state index in [1.165, 1.54) is 4.90 Å². The first-order valence-electron chi connectivity index (χ1n) is 5.85. The summed E-state index contributed by atoms with van der Waals surface area (Å²) < 4.78 is 13.1. The lowest BCUT2D eigenvalue weighted by Gasteiger charge is -2.33. The number of likely N-dealkylation sites (tertiary alicyclic amines) is 1. The van der Waals surface area contributed by atoms with Gasteiger partial charge in [0.2, 0.25) is 0 Å². The van der Waals surface area contributed by atoms with Crippen LogP contribution in [0.3, 0.4) is 0 Å². The molecular weight excluding hydrogens is 275 g/mol. The highest BCUT2D eigenvalue weighted by Gasteiger charge is 2.33. The van der Waals surface area contributed by atoms with Gasteiger partial charge in [-0.15, -0.1) is 0 Å². The molecule has 1 N–H and O–H groups in total. The number of hydrogen-bond donors (Lipinski definition) is 1. The SMILES string of the molecule is O=C(O)C1CCCCN1C(=O)c1cc(F)cnc1Cl. The largest absolute Gasteiger partial charge is 0.480 e. The van der Waals surface area contributed by atoms with E-state index in [0.717, 1.165) is 25.1 Å². The summed E-state index contributed by atoms with van der Waals surface area (Å²) in [5.41, 5.74) is -0.102. The van der Waals surface area contributed by atoms with Gasteiger partial charge in [-0.2, -0.15) is 0 Å². The summed E-state index contributed by atoms with van der Waals surface area (Å²) in [6.45, 7) is 0.322. The minimum atomic E-state index is -1.06. The monoisotopic (exact) mass is 286 g/mol. The maximum absolute atomic E-state index is 13.1. The predicted molar refractivity (Wildman–Crippen MR) is 65.5 cm³/mol. The lowest BCUT2D eigenvalue weighted by molar-refractivity contribution is -0.143. The number of carboxylic acid groups (broad SMARTS) is 1. The molecule has 1 saturated heterocycles. The molecule has 0 bridgehead atoms. The van der Waals surface area contributed by atoms with Gasteiger partial charge in [-0.1, -0.05) is 11.6 Å². The van der Waals surface area contributed by atoms with Crippen molar-refractivity contribution in [3.63, 3.8) is 0 Å². The predicted octanol–water partition coefficient (Wildman–Crippen LogP) is 1.95. The van der Waals surface area contributed by atoms with E-state index in [-0.39, 0.29) is 10.7 Å². The van der Waals surface area contributed by atoms with Crippen molar-refractivity contribution in [3.8, 4) is 0 Å². The third kappa shape index (κ3) is 2.84. The second-order valence-corrected chi connectivity index (χ2v) is 4.70. The molecular formula is C12H12ClFN2O3. The van der Waals surface area contributed by atoms with E-state index in [2.05, 4.69) is 4.98 Å². The Bertz CT molecular complexity index is 524. The van der Waals surface area contributed by atoms with Crippen molar-refractivity contribution >= 4 is 23.5 Å². The number of piperidine rings is 1. The molecule has 102 valence electrons. The van der Waals surface area contributed by atoms with Gasteiger partial charge in [0.25, 0.3) is 5.91 Å². The number of rotatable bonds is 2. The van der Waals surface area contributed by atoms with E-state index in [9.17, 15) is 14.0 Å². The lowest BCUT2D eigenvalue weighted by atomic mass is 10.0. The van der Waals surface area contributed by atoms with E-state index in [1.807, 2.05) is 0 Å². The molecule has 1 aliphatic heterocycles. The number of hydrogen-bond acceptors (Lipinski definition) is 3. The molecule has 0 aromatic carbocycles. The minimum absolute atomic E-state index is 0.102. The summed E-state index contributed by atoms with van der Waals surface area (Å²) in [5.74, 6) is -2.34. The Labute approximate surface area is 114 Å². The van der Waals surface area contributed by atoms with Crippen LogP contribution in [-0.2, 0) is 4.79 Å². The van der Waals surface area contributed by atoms with Crippen molar-refractivity contribution in [1.82, 2.24) is 9.88 Å². The fourth-order valence-corrected chi connectivity index (χ4v) is 2.34. The Morgan fingerprint density at radius 2 is 2.21 bits per heavy atom. The van der Waals surface area contributed by atoms with Crippen LogP contribution in [0.1, 0.15) is 29.6 Å². The van der Waals surface area contributed by atoms with Gasteiger partial charge in [-0.25, -0.2) is 14.2 Å². The Morgan fingerprint density at radius 1 is 1.47 bits per heavy atom. The first-order chi connectivity index (χ1) is 9.00. The number of carboxylic acids is 1. The van der Waals surface area contributed by atoms with Gasteiger partial charge < -0.3 is 10.0 Å². The van der Waals surface area contributed by atoms with Gasteiger partial charge in [-0.05, 0) is 25.3 Å². The van der Waals surface area contributed by atoms with Crippen LogP contribution in [0.15, 0.2) is 12.3 Å². The van der Waals surface area contributed by atoms with Crippen LogP contribution >= 0.6 is 11.6 Å². The Hall–Kier alpha value is -1.69. The molecule has 1 aromatic heterocycles. The number of aromatic nitrogens is 1. The van der Waals surface area contributed by atoms with Gasteiger partial charge in [0.05, 0.1) is 11.8 Å². The van der Waals surface area contributed by atoms with Crippen LogP contribution in [0.25, 0.3) is 0 Å². The molecule has 5 nitrogen and oxygen atoms in total. The van der Waals surface area contributed by atoms with Gasteiger partial charge in [0, 0.05) is 6.54 Å². The maximum Gasteiger partial charge on any atom is 0.326 e. The maximum atomic E-state index is 13.1. The highest BCUT2D eigenvalue weighted by Crippen LogP contribution is 2.23. The normalized spacial score (nSPS) is 19.3. The van der Waals surface area contributed by atoms with Crippen LogP contribution in [0.4, 0.5) is 4.39 Å². The third-order valence-corrected chi connectivity index (χ3v) is 3.39. The summed E-state index contributed by atoms with van der Waals surface area (Å²) in [5, 5.41) is 8.99. The number of carbonyl (C=O) groups is 2. The number of amides is 1. The molecule has 1 aliphatic rings. The lowest BCUT2D eigenvalue weighted by Crippen LogP contribution is -2.48. The zero-order valence-electron chi connectivity index (χ0n) is 9.97. The first-order valence-corrected chi connectivity index (χ1v) is 6.23. The molecule has 0 radical (unpaired) electrons. The number of nitrogens with zero attached hydrogens (tertiary/aromatic N) is 2. The van der Waals surface area contributed by atoms with Crippen LogP contribution in [0.5, 0.6) is 0 Å². The summed E-state index contributed by atoms with van der Waals surface area (Å²) in [7, 11) is 0. The molecule has 2 heterocycles. The van der Waals surface area contributed by atoms with Crippen molar-refractivity contribution in [2.45, 2.75) is 25.3 Å². The van der Waals surface area contributed by atoms with Crippen molar-refractivity contribution in [2.24, 2.45) is 0 Å². The van der Waals surface area contributed by atoms with Crippen molar-refractivity contribution < 1.29 is 19.1 Å². The van der Waals surface area contributed by atoms with Crippen LogP contribution in [-0.4, -0.2) is 39.5 Å². The molecule has 19 heavy (non-hydrogen) atoms. The summed E-state index contributed by atoms with van der Waals surface area (Å²) in [6, 6.07) is 0.0890. The minimum Gasteiger partial charge on any atom is -0.480 e. The summed E-state index contributed by atoms with van der Waals surface area (Å²) in [4.78, 5) is 28.2. The highest BCUT2D eigenvalue weighted by molar-refractivity contribution is 6.32. The van der Waals surface area contributed by atoms with Crippen molar-refractivity contribution in [1.29, 1.82) is 0 Å².